The summed E-state index contributed by atoms with van der Waals surface area (Å²) >= 11 is 3.30. The van der Waals surface area contributed by atoms with E-state index in [9.17, 15) is 4.79 Å². The van der Waals surface area contributed by atoms with Gasteiger partial charge in [0.1, 0.15) is 12.4 Å². The molecule has 0 aliphatic carbocycles. The summed E-state index contributed by atoms with van der Waals surface area (Å²) in [6, 6.07) is 13.5. The minimum absolute atomic E-state index is 0.190. The Bertz CT molecular complexity index is 532. The Hall–Kier alpha value is -1.81. The third-order valence-electron chi connectivity index (χ3n) is 2.39. The van der Waals surface area contributed by atoms with E-state index in [1.807, 2.05) is 0 Å². The first-order chi connectivity index (χ1) is 8.65. The number of phenols is 1. The van der Waals surface area contributed by atoms with Crippen LogP contribution in [0.5, 0.6) is 5.75 Å². The van der Waals surface area contributed by atoms with Gasteiger partial charge in [-0.1, -0.05) is 28.1 Å². The third-order valence-corrected chi connectivity index (χ3v) is 2.91. The summed E-state index contributed by atoms with van der Waals surface area (Å²) in [7, 11) is 0. The summed E-state index contributed by atoms with van der Waals surface area (Å²) in [6.07, 6.45) is 0. The van der Waals surface area contributed by atoms with E-state index in [-0.39, 0.29) is 18.3 Å². The average Bonchev–Trinajstić information content (AvgIpc) is 2.38. The summed E-state index contributed by atoms with van der Waals surface area (Å²) in [4.78, 5) is 11.7. The van der Waals surface area contributed by atoms with Gasteiger partial charge in [0.2, 0.25) is 0 Å². The SMILES string of the molecule is O=C(OCc1ccc(O)cc1)c1ccc(Br)cc1. The van der Waals surface area contributed by atoms with Crippen LogP contribution in [-0.2, 0) is 11.3 Å². The minimum Gasteiger partial charge on any atom is -0.508 e. The molecule has 0 unspecified atom stereocenters. The molecule has 0 fully saturated rings. The lowest BCUT2D eigenvalue weighted by atomic mass is 10.2. The Morgan fingerprint density at radius 1 is 1.06 bits per heavy atom. The summed E-state index contributed by atoms with van der Waals surface area (Å²) in [6.45, 7) is 0.190. The van der Waals surface area contributed by atoms with Gasteiger partial charge in [-0.3, -0.25) is 0 Å². The van der Waals surface area contributed by atoms with E-state index in [2.05, 4.69) is 15.9 Å². The zero-order valence-electron chi connectivity index (χ0n) is 9.47. The Balaban J connectivity index is 1.96. The summed E-state index contributed by atoms with van der Waals surface area (Å²) < 4.78 is 6.07. The van der Waals surface area contributed by atoms with Gasteiger partial charge >= 0.3 is 5.97 Å². The fourth-order valence-corrected chi connectivity index (χ4v) is 1.67. The topological polar surface area (TPSA) is 46.5 Å². The number of rotatable bonds is 3. The van der Waals surface area contributed by atoms with E-state index in [4.69, 9.17) is 9.84 Å². The molecule has 0 amide bonds. The van der Waals surface area contributed by atoms with Crippen LogP contribution in [0, 0.1) is 0 Å². The summed E-state index contributed by atoms with van der Waals surface area (Å²) in [5.41, 5.74) is 1.34. The Kier molecular flexibility index (Phi) is 3.99. The van der Waals surface area contributed by atoms with Gasteiger partial charge in [-0.2, -0.15) is 0 Å². The number of ether oxygens (including phenoxy) is 1. The number of aromatic hydroxyl groups is 1. The zero-order chi connectivity index (χ0) is 13.0. The quantitative estimate of drug-likeness (QED) is 0.883. The van der Waals surface area contributed by atoms with Gasteiger partial charge in [-0.05, 0) is 42.0 Å². The second-order valence-corrected chi connectivity index (χ2v) is 4.67. The molecule has 0 saturated carbocycles. The van der Waals surface area contributed by atoms with Crippen molar-refractivity contribution in [3.05, 3.63) is 64.1 Å². The molecule has 0 aliphatic rings. The maximum absolute atomic E-state index is 11.7. The van der Waals surface area contributed by atoms with Crippen LogP contribution in [0.25, 0.3) is 0 Å². The fraction of sp³-hybridized carbons (Fsp3) is 0.0714. The van der Waals surface area contributed by atoms with Gasteiger partial charge in [0.15, 0.2) is 0 Å². The molecular formula is C14H11BrO3. The molecule has 2 aromatic rings. The molecule has 3 nitrogen and oxygen atoms in total. The first-order valence-corrected chi connectivity index (χ1v) is 6.15. The number of esters is 1. The smallest absolute Gasteiger partial charge is 0.338 e. The van der Waals surface area contributed by atoms with Crippen molar-refractivity contribution in [2.75, 3.05) is 0 Å². The molecule has 2 aromatic carbocycles. The van der Waals surface area contributed by atoms with E-state index >= 15 is 0 Å². The molecule has 18 heavy (non-hydrogen) atoms. The van der Waals surface area contributed by atoms with E-state index in [0.29, 0.717) is 5.56 Å². The van der Waals surface area contributed by atoms with Gasteiger partial charge in [0, 0.05) is 4.47 Å². The number of halogens is 1. The predicted octanol–water partition coefficient (Wildman–Crippen LogP) is 3.51. The predicted molar refractivity (Wildman–Crippen MR) is 71.4 cm³/mol. The number of hydrogen-bond acceptors (Lipinski definition) is 3. The van der Waals surface area contributed by atoms with Crippen LogP contribution in [-0.4, -0.2) is 11.1 Å². The van der Waals surface area contributed by atoms with Gasteiger partial charge in [-0.25, -0.2) is 4.79 Å². The molecule has 0 spiro atoms. The molecule has 0 saturated heterocycles. The number of phenolic OH excluding ortho intramolecular Hbond substituents is 1. The van der Waals surface area contributed by atoms with E-state index < -0.39 is 0 Å². The zero-order valence-corrected chi connectivity index (χ0v) is 11.1. The van der Waals surface area contributed by atoms with Crippen molar-refractivity contribution in [2.45, 2.75) is 6.61 Å². The van der Waals surface area contributed by atoms with Crippen LogP contribution in [0.1, 0.15) is 15.9 Å². The molecular weight excluding hydrogens is 296 g/mol. The fourth-order valence-electron chi connectivity index (χ4n) is 1.41. The Morgan fingerprint density at radius 2 is 1.67 bits per heavy atom. The van der Waals surface area contributed by atoms with E-state index in [1.54, 1.807) is 48.5 Å². The molecule has 92 valence electrons. The van der Waals surface area contributed by atoms with Crippen LogP contribution in [0.15, 0.2) is 53.0 Å². The lowest BCUT2D eigenvalue weighted by molar-refractivity contribution is 0.0472. The normalized spacial score (nSPS) is 10.1. The molecule has 0 bridgehead atoms. The molecule has 1 N–H and O–H groups in total. The number of benzene rings is 2. The second kappa shape index (κ2) is 5.69. The van der Waals surface area contributed by atoms with Crippen molar-refractivity contribution >= 4 is 21.9 Å². The highest BCUT2D eigenvalue weighted by atomic mass is 79.9. The first-order valence-electron chi connectivity index (χ1n) is 5.36. The van der Waals surface area contributed by atoms with Gasteiger partial charge in [0.05, 0.1) is 5.56 Å². The average molecular weight is 307 g/mol. The summed E-state index contributed by atoms with van der Waals surface area (Å²) in [5, 5.41) is 9.13. The van der Waals surface area contributed by atoms with Crippen molar-refractivity contribution in [3.8, 4) is 5.75 Å². The monoisotopic (exact) mass is 306 g/mol. The minimum atomic E-state index is -0.365. The van der Waals surface area contributed by atoms with E-state index in [0.717, 1.165) is 10.0 Å². The number of carbonyl (C=O) groups is 1. The maximum Gasteiger partial charge on any atom is 0.338 e. The third kappa shape index (κ3) is 3.34. The van der Waals surface area contributed by atoms with Crippen molar-refractivity contribution in [1.29, 1.82) is 0 Å². The Morgan fingerprint density at radius 3 is 2.28 bits per heavy atom. The highest BCUT2D eigenvalue weighted by Crippen LogP contribution is 2.13. The lowest BCUT2D eigenvalue weighted by Gasteiger charge is -2.05. The van der Waals surface area contributed by atoms with Crippen molar-refractivity contribution in [3.63, 3.8) is 0 Å². The molecule has 0 radical (unpaired) electrons. The molecule has 0 atom stereocenters. The van der Waals surface area contributed by atoms with Crippen LogP contribution >= 0.6 is 15.9 Å². The number of hydrogen-bond donors (Lipinski definition) is 1. The Labute approximate surface area is 113 Å². The van der Waals surface area contributed by atoms with Crippen molar-refractivity contribution in [2.24, 2.45) is 0 Å². The van der Waals surface area contributed by atoms with Crippen LogP contribution in [0.3, 0.4) is 0 Å². The van der Waals surface area contributed by atoms with Crippen LogP contribution < -0.4 is 0 Å². The van der Waals surface area contributed by atoms with Gasteiger partial charge < -0.3 is 9.84 Å². The van der Waals surface area contributed by atoms with Crippen LogP contribution in [0.2, 0.25) is 0 Å². The maximum atomic E-state index is 11.7. The number of carbonyl (C=O) groups excluding carboxylic acids is 1. The second-order valence-electron chi connectivity index (χ2n) is 3.75. The molecule has 2 rings (SSSR count). The van der Waals surface area contributed by atoms with Gasteiger partial charge in [0.25, 0.3) is 0 Å². The van der Waals surface area contributed by atoms with Crippen molar-refractivity contribution in [1.82, 2.24) is 0 Å². The summed E-state index contributed by atoms with van der Waals surface area (Å²) in [5.74, 6) is -0.173. The van der Waals surface area contributed by atoms with Crippen LogP contribution in [0.4, 0.5) is 0 Å². The standard InChI is InChI=1S/C14H11BrO3/c15-12-5-3-11(4-6-12)14(17)18-9-10-1-7-13(16)8-2-10/h1-8,16H,9H2. The highest BCUT2D eigenvalue weighted by molar-refractivity contribution is 9.10. The highest BCUT2D eigenvalue weighted by Gasteiger charge is 2.06. The van der Waals surface area contributed by atoms with Crippen molar-refractivity contribution < 1.29 is 14.6 Å². The van der Waals surface area contributed by atoms with E-state index in [1.165, 1.54) is 0 Å². The lowest BCUT2D eigenvalue weighted by Crippen LogP contribution is -2.04. The molecule has 0 aromatic heterocycles. The molecule has 0 heterocycles. The van der Waals surface area contributed by atoms with Gasteiger partial charge in [-0.15, -0.1) is 0 Å². The largest absolute Gasteiger partial charge is 0.508 e. The molecule has 4 heteroatoms. The molecule has 0 aliphatic heterocycles. The first kappa shape index (κ1) is 12.6.